The second-order valence-corrected chi connectivity index (χ2v) is 4.01. The van der Waals surface area contributed by atoms with E-state index < -0.39 is 17.5 Å². The van der Waals surface area contributed by atoms with Gasteiger partial charge in [0.1, 0.15) is 0 Å². The maximum atomic E-state index is 11.3. The van der Waals surface area contributed by atoms with Gasteiger partial charge in [-0.2, -0.15) is 0 Å². The van der Waals surface area contributed by atoms with Gasteiger partial charge in [-0.1, -0.05) is 0 Å². The number of hydrogen-bond donors (Lipinski definition) is 1. The number of rotatable bonds is 3. The summed E-state index contributed by atoms with van der Waals surface area (Å²) in [5.74, 6) is -0.585. The number of aliphatic hydroxyl groups is 1. The van der Waals surface area contributed by atoms with Gasteiger partial charge >= 0.3 is 5.97 Å². The molecule has 0 spiro atoms. The van der Waals surface area contributed by atoms with Gasteiger partial charge in [0.05, 0.1) is 24.5 Å². The normalized spacial score (nSPS) is 19.7. The van der Waals surface area contributed by atoms with E-state index >= 15 is 0 Å². The highest BCUT2D eigenvalue weighted by atomic mass is 16.5. The van der Waals surface area contributed by atoms with Crippen molar-refractivity contribution in [3.8, 4) is 0 Å². The number of aliphatic hydroxyl groups excluding tert-OH is 1. The highest BCUT2D eigenvalue weighted by Gasteiger charge is 2.55. The summed E-state index contributed by atoms with van der Waals surface area (Å²) in [7, 11) is 3.14. The third-order valence-corrected chi connectivity index (χ3v) is 2.95. The van der Waals surface area contributed by atoms with Crippen LogP contribution >= 0.6 is 0 Å². The smallest absolute Gasteiger partial charge is 0.335 e. The van der Waals surface area contributed by atoms with Gasteiger partial charge in [-0.15, -0.1) is 0 Å². The Labute approximate surface area is 87.7 Å². The van der Waals surface area contributed by atoms with E-state index in [1.807, 2.05) is 13.2 Å². The number of carbonyl (C=O) groups is 1. The van der Waals surface area contributed by atoms with Crippen molar-refractivity contribution in [3.63, 3.8) is 0 Å². The fourth-order valence-corrected chi connectivity index (χ4v) is 1.81. The predicted molar refractivity (Wildman–Crippen MR) is 52.1 cm³/mol. The first-order valence-corrected chi connectivity index (χ1v) is 4.84. The Bertz CT molecular complexity index is 382. The SMILES string of the molecule is COC(=O)C(O)C1(c2cn(C)cn2)CC1. The summed E-state index contributed by atoms with van der Waals surface area (Å²) in [6.45, 7) is 0. The Hall–Kier alpha value is -1.36. The van der Waals surface area contributed by atoms with Crippen LogP contribution in [0.3, 0.4) is 0 Å². The minimum Gasteiger partial charge on any atom is -0.467 e. The summed E-state index contributed by atoms with van der Waals surface area (Å²) in [5.41, 5.74) is 0.261. The molecule has 82 valence electrons. The molecule has 1 aromatic rings. The maximum absolute atomic E-state index is 11.3. The van der Waals surface area contributed by atoms with E-state index in [1.165, 1.54) is 7.11 Å². The van der Waals surface area contributed by atoms with Crippen molar-refractivity contribution in [2.75, 3.05) is 7.11 Å². The number of methoxy groups -OCH3 is 1. The van der Waals surface area contributed by atoms with Crippen LogP contribution in [0.4, 0.5) is 0 Å². The number of hydrogen-bond acceptors (Lipinski definition) is 4. The van der Waals surface area contributed by atoms with Crippen LogP contribution in [0.15, 0.2) is 12.5 Å². The highest BCUT2D eigenvalue weighted by molar-refractivity contribution is 5.77. The maximum Gasteiger partial charge on any atom is 0.335 e. The zero-order chi connectivity index (χ0) is 11.1. The molecule has 15 heavy (non-hydrogen) atoms. The minimum atomic E-state index is -1.10. The predicted octanol–water partition coefficient (Wildman–Crippen LogP) is -0.0144. The monoisotopic (exact) mass is 210 g/mol. The highest BCUT2D eigenvalue weighted by Crippen LogP contribution is 2.50. The first kappa shape index (κ1) is 10.2. The van der Waals surface area contributed by atoms with Gasteiger partial charge in [0.2, 0.25) is 0 Å². The quantitative estimate of drug-likeness (QED) is 0.712. The summed E-state index contributed by atoms with van der Waals surface area (Å²) in [6, 6.07) is 0. The van der Waals surface area contributed by atoms with Crippen molar-refractivity contribution < 1.29 is 14.6 Å². The van der Waals surface area contributed by atoms with E-state index in [-0.39, 0.29) is 0 Å². The molecule has 0 saturated heterocycles. The zero-order valence-electron chi connectivity index (χ0n) is 8.80. The molecule has 1 fully saturated rings. The molecule has 1 unspecified atom stereocenters. The summed E-state index contributed by atoms with van der Waals surface area (Å²) in [4.78, 5) is 15.5. The van der Waals surface area contributed by atoms with Gasteiger partial charge < -0.3 is 14.4 Å². The third-order valence-electron chi connectivity index (χ3n) is 2.95. The van der Waals surface area contributed by atoms with E-state index in [9.17, 15) is 9.90 Å². The summed E-state index contributed by atoms with van der Waals surface area (Å²) in [5, 5.41) is 9.85. The molecule has 0 amide bonds. The second kappa shape index (κ2) is 3.34. The van der Waals surface area contributed by atoms with Crippen molar-refractivity contribution in [3.05, 3.63) is 18.2 Å². The van der Waals surface area contributed by atoms with Crippen LogP contribution in [0.1, 0.15) is 18.5 Å². The molecule has 2 rings (SSSR count). The van der Waals surface area contributed by atoms with Crippen molar-refractivity contribution in [1.29, 1.82) is 0 Å². The number of ether oxygens (including phenoxy) is 1. The fourth-order valence-electron chi connectivity index (χ4n) is 1.81. The van der Waals surface area contributed by atoms with Crippen molar-refractivity contribution in [1.82, 2.24) is 9.55 Å². The van der Waals surface area contributed by atoms with E-state index in [0.717, 1.165) is 18.5 Å². The first-order chi connectivity index (χ1) is 7.10. The fraction of sp³-hybridized carbons (Fsp3) is 0.600. The van der Waals surface area contributed by atoms with E-state index in [2.05, 4.69) is 9.72 Å². The average molecular weight is 210 g/mol. The lowest BCUT2D eigenvalue weighted by Crippen LogP contribution is -2.35. The van der Waals surface area contributed by atoms with Gasteiger partial charge in [0.15, 0.2) is 6.10 Å². The molecule has 0 aliphatic heterocycles. The molecule has 5 heteroatoms. The molecule has 1 aliphatic carbocycles. The molecular formula is C10H14N2O3. The van der Waals surface area contributed by atoms with E-state index in [0.29, 0.717) is 0 Å². The lowest BCUT2D eigenvalue weighted by atomic mass is 9.96. The Kier molecular flexibility index (Phi) is 2.26. The standard InChI is InChI=1S/C10H14N2O3/c1-12-5-7(11-6-12)10(3-4-10)8(13)9(14)15-2/h5-6,8,13H,3-4H2,1-2H3. The molecule has 1 aromatic heterocycles. The van der Waals surface area contributed by atoms with Crippen molar-refractivity contribution in [2.45, 2.75) is 24.4 Å². The van der Waals surface area contributed by atoms with Crippen LogP contribution in [0.2, 0.25) is 0 Å². The number of aryl methyl sites for hydroxylation is 1. The molecular weight excluding hydrogens is 196 g/mol. The lowest BCUT2D eigenvalue weighted by Gasteiger charge is -2.17. The van der Waals surface area contributed by atoms with Gasteiger partial charge in [-0.25, -0.2) is 9.78 Å². The molecule has 0 aromatic carbocycles. The Balaban J connectivity index is 2.24. The summed E-state index contributed by atoms with van der Waals surface area (Å²) in [6.07, 6.45) is 3.96. The topological polar surface area (TPSA) is 64.3 Å². The second-order valence-electron chi connectivity index (χ2n) is 4.01. The lowest BCUT2D eigenvalue weighted by molar-refractivity contribution is -0.152. The molecule has 1 heterocycles. The number of imidazole rings is 1. The van der Waals surface area contributed by atoms with Crippen molar-refractivity contribution >= 4 is 5.97 Å². The van der Waals surface area contributed by atoms with Gasteiger partial charge in [0, 0.05) is 13.2 Å². The Morgan fingerprint density at radius 1 is 1.73 bits per heavy atom. The molecule has 1 N–H and O–H groups in total. The Morgan fingerprint density at radius 2 is 2.40 bits per heavy atom. The Morgan fingerprint density at radius 3 is 2.80 bits per heavy atom. The van der Waals surface area contributed by atoms with Gasteiger partial charge in [-0.3, -0.25) is 0 Å². The zero-order valence-corrected chi connectivity index (χ0v) is 8.80. The van der Waals surface area contributed by atoms with Crippen LogP contribution in [-0.2, 0) is 22.0 Å². The minimum absolute atomic E-state index is 0.506. The molecule has 1 atom stereocenters. The van der Waals surface area contributed by atoms with Crippen LogP contribution in [0.5, 0.6) is 0 Å². The van der Waals surface area contributed by atoms with E-state index in [1.54, 1.807) is 10.9 Å². The van der Waals surface area contributed by atoms with Gasteiger partial charge in [0.25, 0.3) is 0 Å². The molecule has 0 radical (unpaired) electrons. The van der Waals surface area contributed by atoms with Crippen LogP contribution in [0.25, 0.3) is 0 Å². The van der Waals surface area contributed by atoms with Gasteiger partial charge in [-0.05, 0) is 12.8 Å². The number of nitrogens with zero attached hydrogens (tertiary/aromatic N) is 2. The number of esters is 1. The number of aromatic nitrogens is 2. The molecule has 1 aliphatic rings. The summed E-state index contributed by atoms with van der Waals surface area (Å²) < 4.78 is 6.35. The van der Waals surface area contributed by atoms with Crippen LogP contribution in [-0.4, -0.2) is 33.8 Å². The molecule has 5 nitrogen and oxygen atoms in total. The van der Waals surface area contributed by atoms with Crippen molar-refractivity contribution in [2.24, 2.45) is 7.05 Å². The largest absolute Gasteiger partial charge is 0.467 e. The summed E-state index contributed by atoms with van der Waals surface area (Å²) >= 11 is 0. The van der Waals surface area contributed by atoms with E-state index in [4.69, 9.17) is 0 Å². The third kappa shape index (κ3) is 1.52. The average Bonchev–Trinajstić information content (AvgIpc) is 2.94. The molecule has 1 saturated carbocycles. The van der Waals surface area contributed by atoms with Crippen LogP contribution < -0.4 is 0 Å². The first-order valence-electron chi connectivity index (χ1n) is 4.84. The molecule has 0 bridgehead atoms. The van der Waals surface area contributed by atoms with Crippen LogP contribution in [0, 0.1) is 0 Å². The number of carbonyl (C=O) groups excluding carboxylic acids is 1.